The van der Waals surface area contributed by atoms with E-state index in [9.17, 15) is 4.39 Å². The van der Waals surface area contributed by atoms with Gasteiger partial charge in [0.15, 0.2) is 0 Å². The number of benzene rings is 1. The number of fused-ring (bicyclic) bond motifs is 1. The largest absolute Gasteiger partial charge is 0.264 e. The zero-order valence-corrected chi connectivity index (χ0v) is 6.66. The molecule has 0 unspecified atom stereocenters. The third-order valence-corrected chi connectivity index (χ3v) is 1.89. The molecule has 0 bridgehead atoms. The van der Waals surface area contributed by atoms with Crippen molar-refractivity contribution in [3.05, 3.63) is 42.0 Å². The van der Waals surface area contributed by atoms with E-state index in [1.807, 2.05) is 6.07 Å². The molecule has 1 heterocycles. The third kappa shape index (κ3) is 1.13. The first-order valence-corrected chi connectivity index (χ1v) is 3.75. The van der Waals surface area contributed by atoms with Crippen molar-refractivity contribution in [3.8, 4) is 6.07 Å². The van der Waals surface area contributed by atoms with Crippen LogP contribution in [0, 0.1) is 17.1 Å². The molecule has 1 aromatic heterocycles. The van der Waals surface area contributed by atoms with Crippen LogP contribution < -0.4 is 0 Å². The molecule has 1 aromatic carbocycles. The fourth-order valence-electron chi connectivity index (χ4n) is 1.25. The van der Waals surface area contributed by atoms with Crippen molar-refractivity contribution in [2.45, 2.75) is 0 Å². The van der Waals surface area contributed by atoms with Gasteiger partial charge in [-0.25, -0.2) is 4.39 Å². The Morgan fingerprint density at radius 3 is 2.85 bits per heavy atom. The van der Waals surface area contributed by atoms with Gasteiger partial charge in [0.05, 0.1) is 11.6 Å². The van der Waals surface area contributed by atoms with Crippen LogP contribution in [0.4, 0.5) is 4.39 Å². The average molecular weight is 172 g/mol. The fourth-order valence-corrected chi connectivity index (χ4v) is 1.25. The molecular formula is C10H5FN2. The first kappa shape index (κ1) is 7.69. The SMILES string of the molecule is N#Cc1ccc(F)c2cnccc12. The second kappa shape index (κ2) is 2.83. The standard InChI is InChI=1S/C10H5FN2/c11-10-2-1-7(5-12)8-3-4-13-6-9(8)10/h1-4,6H. The molecule has 0 fully saturated rings. The quantitative estimate of drug-likeness (QED) is 0.611. The highest BCUT2D eigenvalue weighted by Gasteiger charge is 2.03. The summed E-state index contributed by atoms with van der Waals surface area (Å²) in [6.07, 6.45) is 2.97. The maximum absolute atomic E-state index is 13.2. The van der Waals surface area contributed by atoms with Gasteiger partial charge < -0.3 is 0 Å². The predicted molar refractivity (Wildman–Crippen MR) is 46.4 cm³/mol. The van der Waals surface area contributed by atoms with E-state index in [1.165, 1.54) is 18.3 Å². The van der Waals surface area contributed by atoms with E-state index in [-0.39, 0.29) is 5.82 Å². The first-order valence-electron chi connectivity index (χ1n) is 3.75. The van der Waals surface area contributed by atoms with Crippen LogP contribution >= 0.6 is 0 Å². The van der Waals surface area contributed by atoms with Gasteiger partial charge in [0, 0.05) is 23.2 Å². The highest BCUT2D eigenvalue weighted by atomic mass is 19.1. The number of halogens is 1. The van der Waals surface area contributed by atoms with Gasteiger partial charge >= 0.3 is 0 Å². The van der Waals surface area contributed by atoms with Gasteiger partial charge in [-0.1, -0.05) is 0 Å². The molecule has 0 spiro atoms. The summed E-state index contributed by atoms with van der Waals surface area (Å²) < 4.78 is 13.2. The Labute approximate surface area is 74.3 Å². The third-order valence-electron chi connectivity index (χ3n) is 1.89. The summed E-state index contributed by atoms with van der Waals surface area (Å²) in [5, 5.41) is 9.73. The minimum Gasteiger partial charge on any atom is -0.264 e. The van der Waals surface area contributed by atoms with Crippen LogP contribution in [0.1, 0.15) is 5.56 Å². The molecule has 0 radical (unpaired) electrons. The molecule has 3 heteroatoms. The molecule has 2 rings (SSSR count). The van der Waals surface area contributed by atoms with E-state index in [2.05, 4.69) is 4.98 Å². The second-order valence-corrected chi connectivity index (χ2v) is 2.63. The van der Waals surface area contributed by atoms with Crippen LogP contribution in [0.5, 0.6) is 0 Å². The molecule has 0 aliphatic heterocycles. The van der Waals surface area contributed by atoms with Crippen molar-refractivity contribution in [2.24, 2.45) is 0 Å². The topological polar surface area (TPSA) is 36.7 Å². The summed E-state index contributed by atoms with van der Waals surface area (Å²) in [5.74, 6) is -0.345. The van der Waals surface area contributed by atoms with E-state index in [4.69, 9.17) is 5.26 Å². The van der Waals surface area contributed by atoms with E-state index in [1.54, 1.807) is 12.3 Å². The van der Waals surface area contributed by atoms with E-state index in [0.717, 1.165) is 0 Å². The Morgan fingerprint density at radius 2 is 2.08 bits per heavy atom. The highest BCUT2D eigenvalue weighted by Crippen LogP contribution is 2.19. The van der Waals surface area contributed by atoms with Gasteiger partial charge in [0.25, 0.3) is 0 Å². The summed E-state index contributed by atoms with van der Waals surface area (Å²) in [6, 6.07) is 6.39. The van der Waals surface area contributed by atoms with Crippen LogP contribution in [0.25, 0.3) is 10.8 Å². The Hall–Kier alpha value is -1.95. The molecule has 0 saturated carbocycles. The van der Waals surface area contributed by atoms with Crippen LogP contribution in [-0.2, 0) is 0 Å². The highest BCUT2D eigenvalue weighted by molar-refractivity contribution is 5.87. The van der Waals surface area contributed by atoms with Gasteiger partial charge in [-0.2, -0.15) is 5.26 Å². The summed E-state index contributed by atoms with van der Waals surface area (Å²) in [4.78, 5) is 3.80. The minimum atomic E-state index is -0.345. The molecule has 0 aliphatic carbocycles. The van der Waals surface area contributed by atoms with Gasteiger partial charge in [-0.05, 0) is 18.2 Å². The van der Waals surface area contributed by atoms with Crippen LogP contribution in [0.2, 0.25) is 0 Å². The van der Waals surface area contributed by atoms with Crippen molar-refractivity contribution in [2.75, 3.05) is 0 Å². The van der Waals surface area contributed by atoms with Crippen molar-refractivity contribution in [1.82, 2.24) is 4.98 Å². The van der Waals surface area contributed by atoms with Crippen LogP contribution in [-0.4, -0.2) is 4.98 Å². The van der Waals surface area contributed by atoms with E-state index in [0.29, 0.717) is 16.3 Å². The van der Waals surface area contributed by atoms with Crippen LogP contribution in [0.3, 0.4) is 0 Å². The Balaban J connectivity index is 2.95. The van der Waals surface area contributed by atoms with Gasteiger partial charge in [0.1, 0.15) is 5.82 Å². The molecule has 13 heavy (non-hydrogen) atoms. The summed E-state index contributed by atoms with van der Waals surface area (Å²) in [7, 11) is 0. The minimum absolute atomic E-state index is 0.345. The lowest BCUT2D eigenvalue weighted by Crippen LogP contribution is -1.84. The first-order chi connectivity index (χ1) is 6.33. The van der Waals surface area contributed by atoms with E-state index < -0.39 is 0 Å². The normalized spacial score (nSPS) is 9.85. The summed E-state index contributed by atoms with van der Waals surface area (Å²) >= 11 is 0. The number of aromatic nitrogens is 1. The number of hydrogen-bond donors (Lipinski definition) is 0. The number of pyridine rings is 1. The fraction of sp³-hybridized carbons (Fsp3) is 0. The maximum atomic E-state index is 13.2. The molecule has 62 valence electrons. The van der Waals surface area contributed by atoms with Gasteiger partial charge in [-0.3, -0.25) is 4.98 Å². The van der Waals surface area contributed by atoms with Crippen molar-refractivity contribution in [1.29, 1.82) is 5.26 Å². The van der Waals surface area contributed by atoms with Crippen molar-refractivity contribution in [3.63, 3.8) is 0 Å². The number of nitrogens with zero attached hydrogens (tertiary/aromatic N) is 2. The molecule has 2 aromatic rings. The molecular weight excluding hydrogens is 167 g/mol. The van der Waals surface area contributed by atoms with E-state index >= 15 is 0 Å². The zero-order valence-electron chi connectivity index (χ0n) is 6.66. The second-order valence-electron chi connectivity index (χ2n) is 2.63. The molecule has 0 N–H and O–H groups in total. The number of nitriles is 1. The Morgan fingerprint density at radius 1 is 1.23 bits per heavy atom. The molecule has 0 amide bonds. The Kier molecular flexibility index (Phi) is 1.67. The lowest BCUT2D eigenvalue weighted by atomic mass is 10.1. The lowest BCUT2D eigenvalue weighted by Gasteiger charge is -1.99. The number of hydrogen-bond acceptors (Lipinski definition) is 2. The Bertz CT molecular complexity index is 500. The monoisotopic (exact) mass is 172 g/mol. The smallest absolute Gasteiger partial charge is 0.132 e. The molecule has 0 saturated heterocycles. The van der Waals surface area contributed by atoms with Gasteiger partial charge in [0.2, 0.25) is 0 Å². The summed E-state index contributed by atoms with van der Waals surface area (Å²) in [5.41, 5.74) is 0.471. The van der Waals surface area contributed by atoms with Gasteiger partial charge in [-0.15, -0.1) is 0 Å². The van der Waals surface area contributed by atoms with Crippen molar-refractivity contribution >= 4 is 10.8 Å². The van der Waals surface area contributed by atoms with Crippen molar-refractivity contribution < 1.29 is 4.39 Å². The number of rotatable bonds is 0. The predicted octanol–water partition coefficient (Wildman–Crippen LogP) is 2.25. The summed E-state index contributed by atoms with van der Waals surface area (Å²) in [6.45, 7) is 0. The average Bonchev–Trinajstić information content (AvgIpc) is 2.19. The zero-order chi connectivity index (χ0) is 9.26. The lowest BCUT2D eigenvalue weighted by molar-refractivity contribution is 0.639. The van der Waals surface area contributed by atoms with Crippen LogP contribution in [0.15, 0.2) is 30.6 Å². The molecule has 0 atom stereocenters. The molecule has 0 aliphatic rings. The maximum Gasteiger partial charge on any atom is 0.132 e. The molecule has 2 nitrogen and oxygen atoms in total.